The van der Waals surface area contributed by atoms with E-state index in [1.54, 1.807) is 0 Å². The predicted molar refractivity (Wildman–Crippen MR) is 63.2 cm³/mol. The number of nitrogens with zero attached hydrogens (tertiary/aromatic N) is 2. The summed E-state index contributed by atoms with van der Waals surface area (Å²) in [5.74, 6) is 1.76. The molecule has 1 aliphatic rings. The molecule has 1 aliphatic heterocycles. The fourth-order valence-electron chi connectivity index (χ4n) is 2.29. The SMILES string of the molecule is CC(N)Cc1cnc(CC2CCCN2C)o1. The highest BCUT2D eigenvalue weighted by Gasteiger charge is 2.22. The summed E-state index contributed by atoms with van der Waals surface area (Å²) in [6.07, 6.45) is 6.05. The lowest BCUT2D eigenvalue weighted by molar-refractivity contribution is 0.289. The quantitative estimate of drug-likeness (QED) is 0.833. The van der Waals surface area contributed by atoms with Crippen LogP contribution in [0.15, 0.2) is 10.6 Å². The lowest BCUT2D eigenvalue weighted by Gasteiger charge is -2.17. The molecule has 1 saturated heterocycles. The first kappa shape index (κ1) is 11.6. The van der Waals surface area contributed by atoms with Crippen molar-refractivity contribution in [1.82, 2.24) is 9.88 Å². The van der Waals surface area contributed by atoms with Crippen LogP contribution in [0.25, 0.3) is 0 Å². The van der Waals surface area contributed by atoms with Crippen LogP contribution < -0.4 is 5.73 Å². The number of likely N-dealkylation sites (N-methyl/N-ethyl adjacent to an activating group) is 1. The van der Waals surface area contributed by atoms with Crippen LogP contribution in [0, 0.1) is 0 Å². The lowest BCUT2D eigenvalue weighted by Crippen LogP contribution is -2.26. The average Bonchev–Trinajstić information content (AvgIpc) is 2.77. The summed E-state index contributed by atoms with van der Waals surface area (Å²) < 4.78 is 5.69. The Morgan fingerprint density at radius 3 is 3.12 bits per heavy atom. The highest BCUT2D eigenvalue weighted by atomic mass is 16.4. The van der Waals surface area contributed by atoms with Gasteiger partial charge in [-0.1, -0.05) is 0 Å². The van der Waals surface area contributed by atoms with Gasteiger partial charge in [0, 0.05) is 24.9 Å². The number of likely N-dealkylation sites (tertiary alicyclic amines) is 1. The minimum Gasteiger partial charge on any atom is -0.446 e. The van der Waals surface area contributed by atoms with Crippen LogP contribution in [0.5, 0.6) is 0 Å². The molecule has 0 bridgehead atoms. The maximum absolute atomic E-state index is 5.72. The van der Waals surface area contributed by atoms with Crippen molar-refractivity contribution in [3.8, 4) is 0 Å². The fraction of sp³-hybridized carbons (Fsp3) is 0.750. The molecular weight excluding hydrogens is 202 g/mol. The molecule has 2 unspecified atom stereocenters. The van der Waals surface area contributed by atoms with Gasteiger partial charge in [-0.05, 0) is 33.4 Å². The minimum absolute atomic E-state index is 0.134. The third-order valence-electron chi connectivity index (χ3n) is 3.21. The first-order valence-corrected chi connectivity index (χ1v) is 6.04. The van der Waals surface area contributed by atoms with Crippen LogP contribution in [0.2, 0.25) is 0 Å². The molecule has 4 heteroatoms. The Hall–Kier alpha value is -0.870. The van der Waals surface area contributed by atoms with Crippen molar-refractivity contribution in [3.63, 3.8) is 0 Å². The monoisotopic (exact) mass is 223 g/mol. The number of rotatable bonds is 4. The van der Waals surface area contributed by atoms with Gasteiger partial charge in [0.15, 0.2) is 5.89 Å². The Balaban J connectivity index is 1.92. The summed E-state index contributed by atoms with van der Waals surface area (Å²) >= 11 is 0. The number of nitrogens with two attached hydrogens (primary N) is 1. The third kappa shape index (κ3) is 2.83. The van der Waals surface area contributed by atoms with Gasteiger partial charge in [-0.25, -0.2) is 4.98 Å². The van der Waals surface area contributed by atoms with E-state index in [2.05, 4.69) is 16.9 Å². The van der Waals surface area contributed by atoms with E-state index in [0.29, 0.717) is 6.04 Å². The highest BCUT2D eigenvalue weighted by molar-refractivity contribution is 4.98. The molecular formula is C12H21N3O. The van der Waals surface area contributed by atoms with Crippen molar-refractivity contribution in [2.24, 2.45) is 5.73 Å². The topological polar surface area (TPSA) is 55.3 Å². The molecule has 0 amide bonds. The number of oxazole rings is 1. The van der Waals surface area contributed by atoms with E-state index >= 15 is 0 Å². The average molecular weight is 223 g/mol. The maximum Gasteiger partial charge on any atom is 0.195 e. The molecule has 0 aliphatic carbocycles. The van der Waals surface area contributed by atoms with Crippen LogP contribution in [-0.4, -0.2) is 35.6 Å². The summed E-state index contributed by atoms with van der Waals surface area (Å²) in [6.45, 7) is 3.17. The maximum atomic E-state index is 5.72. The molecule has 2 rings (SSSR count). The van der Waals surface area contributed by atoms with Crippen LogP contribution in [-0.2, 0) is 12.8 Å². The van der Waals surface area contributed by atoms with E-state index in [4.69, 9.17) is 10.2 Å². The summed E-state index contributed by atoms with van der Waals surface area (Å²) in [5, 5.41) is 0. The van der Waals surface area contributed by atoms with Crippen molar-refractivity contribution in [2.45, 2.75) is 44.7 Å². The van der Waals surface area contributed by atoms with Crippen molar-refractivity contribution >= 4 is 0 Å². The molecule has 0 saturated carbocycles. The Labute approximate surface area is 96.8 Å². The number of hydrogen-bond acceptors (Lipinski definition) is 4. The minimum atomic E-state index is 0.134. The van der Waals surface area contributed by atoms with E-state index in [1.165, 1.54) is 19.4 Å². The second kappa shape index (κ2) is 4.97. The molecule has 2 atom stereocenters. The van der Waals surface area contributed by atoms with E-state index in [-0.39, 0.29) is 6.04 Å². The first-order chi connectivity index (χ1) is 7.65. The lowest BCUT2D eigenvalue weighted by atomic mass is 10.1. The molecule has 0 radical (unpaired) electrons. The van der Waals surface area contributed by atoms with Crippen LogP contribution in [0.4, 0.5) is 0 Å². The van der Waals surface area contributed by atoms with Gasteiger partial charge in [0.05, 0.1) is 6.20 Å². The van der Waals surface area contributed by atoms with Crippen LogP contribution in [0.1, 0.15) is 31.4 Å². The van der Waals surface area contributed by atoms with Gasteiger partial charge < -0.3 is 15.1 Å². The zero-order chi connectivity index (χ0) is 11.5. The Morgan fingerprint density at radius 1 is 1.69 bits per heavy atom. The van der Waals surface area contributed by atoms with E-state index in [1.807, 2.05) is 13.1 Å². The van der Waals surface area contributed by atoms with Gasteiger partial charge in [0.2, 0.25) is 0 Å². The molecule has 2 heterocycles. The van der Waals surface area contributed by atoms with Crippen molar-refractivity contribution in [3.05, 3.63) is 17.8 Å². The van der Waals surface area contributed by atoms with Gasteiger partial charge in [0.1, 0.15) is 5.76 Å². The van der Waals surface area contributed by atoms with E-state index < -0.39 is 0 Å². The predicted octanol–water partition coefficient (Wildman–Crippen LogP) is 1.20. The number of hydrogen-bond donors (Lipinski definition) is 1. The Morgan fingerprint density at radius 2 is 2.50 bits per heavy atom. The normalized spacial score (nSPS) is 23.8. The zero-order valence-corrected chi connectivity index (χ0v) is 10.1. The van der Waals surface area contributed by atoms with E-state index in [9.17, 15) is 0 Å². The van der Waals surface area contributed by atoms with E-state index in [0.717, 1.165) is 24.5 Å². The van der Waals surface area contributed by atoms with Gasteiger partial charge >= 0.3 is 0 Å². The largest absolute Gasteiger partial charge is 0.446 e. The van der Waals surface area contributed by atoms with Crippen molar-refractivity contribution < 1.29 is 4.42 Å². The Bertz CT molecular complexity index is 335. The smallest absolute Gasteiger partial charge is 0.195 e. The summed E-state index contributed by atoms with van der Waals surface area (Å²) in [4.78, 5) is 6.70. The Kier molecular flexibility index (Phi) is 3.61. The standard InChI is InChI=1S/C12H21N3O/c1-9(13)6-11-8-14-12(16-11)7-10-4-3-5-15(10)2/h8-10H,3-7,13H2,1-2H3. The molecule has 90 valence electrons. The van der Waals surface area contributed by atoms with Crippen LogP contribution >= 0.6 is 0 Å². The molecule has 1 aromatic rings. The van der Waals surface area contributed by atoms with Crippen molar-refractivity contribution in [2.75, 3.05) is 13.6 Å². The first-order valence-electron chi connectivity index (χ1n) is 6.04. The van der Waals surface area contributed by atoms with Gasteiger partial charge in [-0.3, -0.25) is 0 Å². The van der Waals surface area contributed by atoms with Gasteiger partial charge in [-0.2, -0.15) is 0 Å². The molecule has 0 spiro atoms. The zero-order valence-electron chi connectivity index (χ0n) is 10.1. The summed E-state index contributed by atoms with van der Waals surface area (Å²) in [6, 6.07) is 0.733. The summed E-state index contributed by atoms with van der Waals surface area (Å²) in [7, 11) is 2.17. The molecule has 2 N–H and O–H groups in total. The number of aromatic nitrogens is 1. The van der Waals surface area contributed by atoms with Crippen LogP contribution in [0.3, 0.4) is 0 Å². The molecule has 16 heavy (non-hydrogen) atoms. The second-order valence-corrected chi connectivity index (χ2v) is 4.88. The third-order valence-corrected chi connectivity index (χ3v) is 3.21. The molecule has 1 aromatic heterocycles. The second-order valence-electron chi connectivity index (χ2n) is 4.88. The molecule has 4 nitrogen and oxygen atoms in total. The fourth-order valence-corrected chi connectivity index (χ4v) is 2.29. The highest BCUT2D eigenvalue weighted by Crippen LogP contribution is 2.19. The summed E-state index contributed by atoms with van der Waals surface area (Å²) in [5.41, 5.74) is 5.72. The molecule has 0 aromatic carbocycles. The molecule has 1 fully saturated rings. The van der Waals surface area contributed by atoms with Crippen molar-refractivity contribution in [1.29, 1.82) is 0 Å². The van der Waals surface area contributed by atoms with Gasteiger partial charge in [-0.15, -0.1) is 0 Å². The van der Waals surface area contributed by atoms with Gasteiger partial charge in [0.25, 0.3) is 0 Å².